The summed E-state index contributed by atoms with van der Waals surface area (Å²) in [4.78, 5) is 0.771. The minimum atomic E-state index is -2.26. The van der Waals surface area contributed by atoms with E-state index in [1.54, 1.807) is 18.4 Å². The first-order valence-electron chi connectivity index (χ1n) is 4.19. The molecule has 4 heteroatoms. The van der Waals surface area contributed by atoms with Gasteiger partial charge in [-0.1, -0.05) is 11.6 Å². The van der Waals surface area contributed by atoms with Crippen LogP contribution in [0.4, 0.5) is 0 Å². The van der Waals surface area contributed by atoms with Crippen molar-refractivity contribution in [2.45, 2.75) is 11.8 Å². The fourth-order valence-electron chi connectivity index (χ4n) is 1.55. The molecule has 0 fully saturated rings. The molecule has 0 saturated heterocycles. The molecule has 1 unspecified atom stereocenters. The summed E-state index contributed by atoms with van der Waals surface area (Å²) in [7, 11) is -2.26. The lowest BCUT2D eigenvalue weighted by Gasteiger charge is -2.22. The Morgan fingerprint density at radius 2 is 2.14 bits per heavy atom. The van der Waals surface area contributed by atoms with Gasteiger partial charge in [0.2, 0.25) is 0 Å². The lowest BCUT2D eigenvalue weighted by molar-refractivity contribution is 0.589. The standard InChI is InChI=1S/C10H10ClNOS/c1-7-5-8-6-9(11)3-4-10(8)14(2,13)12-7/h3-6H,1-2H3. The molecule has 14 heavy (non-hydrogen) atoms. The van der Waals surface area contributed by atoms with E-state index < -0.39 is 10.1 Å². The molecule has 0 saturated carbocycles. The fraction of sp³-hybridized carbons (Fsp3) is 0.200. The Kier molecular flexibility index (Phi) is 2.26. The van der Waals surface area contributed by atoms with E-state index in [2.05, 4.69) is 4.36 Å². The average molecular weight is 228 g/mol. The highest BCUT2D eigenvalue weighted by molar-refractivity contribution is 7.99. The first-order chi connectivity index (χ1) is 6.49. The summed E-state index contributed by atoms with van der Waals surface area (Å²) >= 11 is 5.86. The molecule has 0 N–H and O–H groups in total. The number of fused-ring (bicyclic) bond motifs is 1. The minimum Gasteiger partial charge on any atom is -0.626 e. The van der Waals surface area contributed by atoms with Crippen LogP contribution in [-0.2, 0) is 10.1 Å². The van der Waals surface area contributed by atoms with Crippen molar-refractivity contribution in [1.29, 1.82) is 0 Å². The van der Waals surface area contributed by atoms with Gasteiger partial charge in [-0.15, -0.1) is 4.36 Å². The molecule has 0 bridgehead atoms. The van der Waals surface area contributed by atoms with Crippen LogP contribution in [0, 0.1) is 0 Å². The van der Waals surface area contributed by atoms with Gasteiger partial charge in [0.1, 0.15) is 4.90 Å². The molecule has 0 aromatic heterocycles. The van der Waals surface area contributed by atoms with Crippen LogP contribution in [0.2, 0.25) is 5.02 Å². The van der Waals surface area contributed by atoms with Gasteiger partial charge in [-0.05, 0) is 41.3 Å². The van der Waals surface area contributed by atoms with Gasteiger partial charge in [0.25, 0.3) is 0 Å². The van der Waals surface area contributed by atoms with E-state index in [-0.39, 0.29) is 0 Å². The molecule has 2 rings (SSSR count). The van der Waals surface area contributed by atoms with Gasteiger partial charge in [-0.3, -0.25) is 0 Å². The first-order valence-corrected chi connectivity index (χ1v) is 6.49. The van der Waals surface area contributed by atoms with Crippen molar-refractivity contribution in [3.05, 3.63) is 34.5 Å². The number of hydrogen-bond donors (Lipinski definition) is 0. The third-order valence-corrected chi connectivity index (χ3v) is 4.12. The molecule has 0 aliphatic carbocycles. The van der Waals surface area contributed by atoms with E-state index in [9.17, 15) is 4.55 Å². The van der Waals surface area contributed by atoms with Crippen molar-refractivity contribution in [2.75, 3.05) is 6.26 Å². The van der Waals surface area contributed by atoms with E-state index >= 15 is 0 Å². The van der Waals surface area contributed by atoms with Crippen LogP contribution in [0.1, 0.15) is 12.5 Å². The summed E-state index contributed by atoms with van der Waals surface area (Å²) in [5.74, 6) is 0. The Hall–Kier alpha value is -0.640. The first kappa shape index (κ1) is 9.90. The van der Waals surface area contributed by atoms with Gasteiger partial charge in [0.05, 0.1) is 12.0 Å². The Morgan fingerprint density at radius 3 is 2.86 bits per heavy atom. The SMILES string of the molecule is CC1=Cc2cc(Cl)ccc2[S+](C)([O-])=N1. The maximum absolute atomic E-state index is 12.1. The van der Waals surface area contributed by atoms with Crippen LogP contribution in [-0.4, -0.2) is 10.8 Å². The number of allylic oxidation sites excluding steroid dienone is 1. The predicted molar refractivity (Wildman–Crippen MR) is 59.9 cm³/mol. The normalized spacial score (nSPS) is 25.0. The van der Waals surface area contributed by atoms with Crippen LogP contribution < -0.4 is 0 Å². The van der Waals surface area contributed by atoms with Gasteiger partial charge in [0.15, 0.2) is 0 Å². The molecule has 0 spiro atoms. The molecular formula is C10H10ClNOS. The maximum atomic E-state index is 12.1. The Morgan fingerprint density at radius 1 is 1.43 bits per heavy atom. The Bertz CT molecular complexity index is 473. The molecule has 2 nitrogen and oxygen atoms in total. The molecule has 1 aliphatic heterocycles. The molecule has 1 heterocycles. The number of halogens is 1. The van der Waals surface area contributed by atoms with E-state index in [1.807, 2.05) is 19.1 Å². The van der Waals surface area contributed by atoms with E-state index in [4.69, 9.17) is 11.6 Å². The second kappa shape index (κ2) is 3.19. The van der Waals surface area contributed by atoms with Crippen LogP contribution in [0.3, 0.4) is 0 Å². The van der Waals surface area contributed by atoms with Crippen molar-refractivity contribution >= 4 is 27.8 Å². The fourth-order valence-corrected chi connectivity index (χ4v) is 3.31. The second-order valence-electron chi connectivity index (χ2n) is 3.36. The van der Waals surface area contributed by atoms with Gasteiger partial charge in [0, 0.05) is 10.6 Å². The molecule has 0 radical (unpaired) electrons. The van der Waals surface area contributed by atoms with Gasteiger partial charge in [-0.2, -0.15) is 0 Å². The van der Waals surface area contributed by atoms with Crippen LogP contribution in [0.5, 0.6) is 0 Å². The molecular weight excluding hydrogens is 218 g/mol. The summed E-state index contributed by atoms with van der Waals surface area (Å²) in [6, 6.07) is 5.35. The van der Waals surface area contributed by atoms with Crippen molar-refractivity contribution in [3.8, 4) is 0 Å². The van der Waals surface area contributed by atoms with Crippen molar-refractivity contribution < 1.29 is 4.55 Å². The Balaban J connectivity index is 2.74. The smallest absolute Gasteiger partial charge is 0.143 e. The van der Waals surface area contributed by atoms with Crippen LogP contribution in [0.15, 0.2) is 33.2 Å². The summed E-state index contributed by atoms with van der Waals surface area (Å²) < 4.78 is 16.2. The number of nitrogens with zero attached hydrogens (tertiary/aromatic N) is 1. The topological polar surface area (TPSA) is 35.4 Å². The highest BCUT2D eigenvalue weighted by atomic mass is 35.5. The summed E-state index contributed by atoms with van der Waals surface area (Å²) in [6.45, 7) is 1.84. The maximum Gasteiger partial charge on any atom is 0.143 e. The molecule has 74 valence electrons. The molecule has 1 aliphatic rings. The van der Waals surface area contributed by atoms with Crippen molar-refractivity contribution in [2.24, 2.45) is 4.36 Å². The van der Waals surface area contributed by atoms with Gasteiger partial charge in [-0.25, -0.2) is 0 Å². The zero-order valence-electron chi connectivity index (χ0n) is 7.95. The average Bonchev–Trinajstić information content (AvgIpc) is 2.00. The Labute approximate surface area is 89.5 Å². The summed E-state index contributed by atoms with van der Waals surface area (Å²) in [6.07, 6.45) is 3.55. The minimum absolute atomic E-state index is 0.657. The lowest BCUT2D eigenvalue weighted by Crippen LogP contribution is -2.12. The van der Waals surface area contributed by atoms with Crippen LogP contribution >= 0.6 is 11.6 Å². The number of hydrogen-bond acceptors (Lipinski definition) is 2. The zero-order chi connectivity index (χ0) is 10.3. The predicted octanol–water partition coefficient (Wildman–Crippen LogP) is 3.17. The third-order valence-electron chi connectivity index (χ3n) is 2.06. The highest BCUT2D eigenvalue weighted by Crippen LogP contribution is 2.31. The monoisotopic (exact) mass is 227 g/mol. The summed E-state index contributed by atoms with van der Waals surface area (Å²) in [5, 5.41) is 0.657. The molecule has 1 aromatic rings. The third kappa shape index (κ3) is 1.63. The molecule has 1 aromatic carbocycles. The molecule has 0 amide bonds. The van der Waals surface area contributed by atoms with E-state index in [0.29, 0.717) is 5.02 Å². The zero-order valence-corrected chi connectivity index (χ0v) is 9.52. The lowest BCUT2D eigenvalue weighted by atomic mass is 10.2. The largest absolute Gasteiger partial charge is 0.626 e. The van der Waals surface area contributed by atoms with Crippen LogP contribution in [0.25, 0.3) is 6.08 Å². The van der Waals surface area contributed by atoms with Crippen molar-refractivity contribution in [3.63, 3.8) is 0 Å². The van der Waals surface area contributed by atoms with Crippen molar-refractivity contribution in [1.82, 2.24) is 0 Å². The second-order valence-corrected chi connectivity index (χ2v) is 6.03. The van der Waals surface area contributed by atoms with E-state index in [1.165, 1.54) is 0 Å². The number of benzene rings is 1. The van der Waals surface area contributed by atoms with Gasteiger partial charge < -0.3 is 4.55 Å². The van der Waals surface area contributed by atoms with E-state index in [0.717, 1.165) is 16.2 Å². The quantitative estimate of drug-likeness (QED) is 0.627. The van der Waals surface area contributed by atoms with Gasteiger partial charge >= 0.3 is 0 Å². The highest BCUT2D eigenvalue weighted by Gasteiger charge is 2.19. The summed E-state index contributed by atoms with van der Waals surface area (Å²) in [5.41, 5.74) is 1.70. The molecule has 1 atom stereocenters. The number of rotatable bonds is 0.